The van der Waals surface area contributed by atoms with E-state index >= 15 is 0 Å². The van der Waals surface area contributed by atoms with Gasteiger partial charge in [0.05, 0.1) is 0 Å². The minimum absolute atomic E-state index is 0.0179. The van der Waals surface area contributed by atoms with E-state index in [0.717, 1.165) is 25.8 Å². The number of benzene rings is 1. The van der Waals surface area contributed by atoms with Crippen molar-refractivity contribution in [3.63, 3.8) is 0 Å². The molecule has 0 aliphatic heterocycles. The van der Waals surface area contributed by atoms with Gasteiger partial charge in [-0.25, -0.2) is 8.78 Å². The highest BCUT2D eigenvalue weighted by atomic mass is 19.2. The Morgan fingerprint density at radius 2 is 2.12 bits per heavy atom. The van der Waals surface area contributed by atoms with Gasteiger partial charge in [0.15, 0.2) is 11.6 Å². The molecule has 1 nitrogen and oxygen atoms in total. The van der Waals surface area contributed by atoms with Crippen LogP contribution in [0.3, 0.4) is 0 Å². The molecule has 88 valence electrons. The zero-order valence-corrected chi connectivity index (χ0v) is 9.47. The molecule has 1 aromatic carbocycles. The summed E-state index contributed by atoms with van der Waals surface area (Å²) in [5.74, 6) is -0.965. The van der Waals surface area contributed by atoms with Crippen molar-refractivity contribution < 1.29 is 8.78 Å². The average molecular weight is 225 g/mol. The molecule has 2 rings (SSSR count). The van der Waals surface area contributed by atoms with Crippen LogP contribution in [0.25, 0.3) is 0 Å². The minimum atomic E-state index is -0.749. The third kappa shape index (κ3) is 2.40. The van der Waals surface area contributed by atoms with E-state index in [1.54, 1.807) is 12.1 Å². The van der Waals surface area contributed by atoms with Crippen LogP contribution in [0.15, 0.2) is 18.2 Å². The third-order valence-electron chi connectivity index (χ3n) is 3.02. The molecule has 1 N–H and O–H groups in total. The van der Waals surface area contributed by atoms with E-state index in [2.05, 4.69) is 12.2 Å². The molecule has 1 saturated carbocycles. The van der Waals surface area contributed by atoms with Gasteiger partial charge in [0, 0.05) is 11.6 Å². The van der Waals surface area contributed by atoms with E-state index < -0.39 is 11.6 Å². The Morgan fingerprint density at radius 1 is 1.38 bits per heavy atom. The molecule has 1 unspecified atom stereocenters. The Balaban J connectivity index is 2.20. The maximum Gasteiger partial charge on any atom is 0.163 e. The second-order valence-electron chi connectivity index (χ2n) is 4.41. The Hall–Kier alpha value is -0.960. The zero-order valence-electron chi connectivity index (χ0n) is 9.47. The van der Waals surface area contributed by atoms with Crippen LogP contribution in [0, 0.1) is 17.6 Å². The van der Waals surface area contributed by atoms with Crippen LogP contribution in [-0.4, -0.2) is 6.54 Å². The van der Waals surface area contributed by atoms with Crippen LogP contribution >= 0.6 is 0 Å². The Kier molecular flexibility index (Phi) is 3.54. The number of hydrogen-bond donors (Lipinski definition) is 1. The highest BCUT2D eigenvalue weighted by molar-refractivity contribution is 5.24. The topological polar surface area (TPSA) is 12.0 Å². The van der Waals surface area contributed by atoms with Crippen molar-refractivity contribution >= 4 is 0 Å². The molecule has 0 spiro atoms. The summed E-state index contributed by atoms with van der Waals surface area (Å²) in [6.45, 7) is 2.91. The highest BCUT2D eigenvalue weighted by Gasteiger charge is 2.33. The SMILES string of the molecule is CCCNC(c1cccc(F)c1F)C1CC1. The average Bonchev–Trinajstić information content (AvgIpc) is 3.08. The van der Waals surface area contributed by atoms with Crippen LogP contribution in [-0.2, 0) is 0 Å². The normalized spacial score (nSPS) is 17.4. The van der Waals surface area contributed by atoms with Gasteiger partial charge in [-0.2, -0.15) is 0 Å². The molecule has 1 aliphatic carbocycles. The molecule has 0 heterocycles. The summed E-state index contributed by atoms with van der Waals surface area (Å²) in [5.41, 5.74) is 0.482. The van der Waals surface area contributed by atoms with E-state index in [9.17, 15) is 8.78 Å². The van der Waals surface area contributed by atoms with E-state index in [0.29, 0.717) is 11.5 Å². The third-order valence-corrected chi connectivity index (χ3v) is 3.02. The summed E-state index contributed by atoms with van der Waals surface area (Å²) in [4.78, 5) is 0. The van der Waals surface area contributed by atoms with Gasteiger partial charge in [0.1, 0.15) is 0 Å². The van der Waals surface area contributed by atoms with Crippen LogP contribution in [0.2, 0.25) is 0 Å². The molecule has 1 aliphatic rings. The minimum Gasteiger partial charge on any atom is -0.310 e. The standard InChI is InChI=1S/C13H17F2N/c1-2-8-16-13(9-6-7-9)10-4-3-5-11(14)12(10)15/h3-5,9,13,16H,2,6-8H2,1H3. The monoisotopic (exact) mass is 225 g/mol. The maximum atomic E-state index is 13.7. The van der Waals surface area contributed by atoms with Gasteiger partial charge in [-0.05, 0) is 37.8 Å². The van der Waals surface area contributed by atoms with E-state index in [1.165, 1.54) is 6.07 Å². The van der Waals surface area contributed by atoms with Crippen molar-refractivity contribution in [1.82, 2.24) is 5.32 Å². The van der Waals surface area contributed by atoms with Crippen molar-refractivity contribution in [3.8, 4) is 0 Å². The van der Waals surface area contributed by atoms with Gasteiger partial charge in [-0.15, -0.1) is 0 Å². The number of halogens is 2. The van der Waals surface area contributed by atoms with Crippen LogP contribution in [0.4, 0.5) is 8.78 Å². The molecule has 1 atom stereocenters. The van der Waals surface area contributed by atoms with Crippen LogP contribution in [0.1, 0.15) is 37.8 Å². The lowest BCUT2D eigenvalue weighted by atomic mass is 10.0. The van der Waals surface area contributed by atoms with Crippen molar-refractivity contribution in [2.45, 2.75) is 32.2 Å². The van der Waals surface area contributed by atoms with E-state index in [4.69, 9.17) is 0 Å². The fraction of sp³-hybridized carbons (Fsp3) is 0.538. The molecule has 3 heteroatoms. The second kappa shape index (κ2) is 4.91. The van der Waals surface area contributed by atoms with Crippen molar-refractivity contribution in [3.05, 3.63) is 35.4 Å². The smallest absolute Gasteiger partial charge is 0.163 e. The molecule has 1 fully saturated rings. The van der Waals surface area contributed by atoms with E-state index in [1.807, 2.05) is 0 Å². The quantitative estimate of drug-likeness (QED) is 0.809. The van der Waals surface area contributed by atoms with Gasteiger partial charge in [-0.1, -0.05) is 19.1 Å². The molecular weight excluding hydrogens is 208 g/mol. The van der Waals surface area contributed by atoms with Gasteiger partial charge < -0.3 is 5.32 Å². The van der Waals surface area contributed by atoms with Gasteiger partial charge in [-0.3, -0.25) is 0 Å². The summed E-state index contributed by atoms with van der Waals surface area (Å²) >= 11 is 0. The summed E-state index contributed by atoms with van der Waals surface area (Å²) in [6, 6.07) is 4.42. The van der Waals surface area contributed by atoms with Crippen molar-refractivity contribution in [2.24, 2.45) is 5.92 Å². The fourth-order valence-corrected chi connectivity index (χ4v) is 2.02. The van der Waals surface area contributed by atoms with E-state index in [-0.39, 0.29) is 6.04 Å². The Morgan fingerprint density at radius 3 is 2.75 bits per heavy atom. The second-order valence-corrected chi connectivity index (χ2v) is 4.41. The lowest BCUT2D eigenvalue weighted by Crippen LogP contribution is -2.25. The largest absolute Gasteiger partial charge is 0.310 e. The first-order valence-electron chi connectivity index (χ1n) is 5.91. The summed E-state index contributed by atoms with van der Waals surface area (Å²) in [5, 5.41) is 3.31. The maximum absolute atomic E-state index is 13.7. The zero-order chi connectivity index (χ0) is 11.5. The lowest BCUT2D eigenvalue weighted by molar-refractivity contribution is 0.435. The molecule has 0 saturated heterocycles. The summed E-state index contributed by atoms with van der Waals surface area (Å²) < 4.78 is 26.8. The molecule has 16 heavy (non-hydrogen) atoms. The molecule has 0 radical (unpaired) electrons. The molecule has 1 aromatic rings. The lowest BCUT2D eigenvalue weighted by Gasteiger charge is -2.19. The number of nitrogens with one attached hydrogen (secondary N) is 1. The molecular formula is C13H17F2N. The Bertz CT molecular complexity index is 361. The first-order valence-corrected chi connectivity index (χ1v) is 5.91. The van der Waals surface area contributed by atoms with Crippen LogP contribution < -0.4 is 5.32 Å². The predicted molar refractivity (Wildman–Crippen MR) is 60.1 cm³/mol. The van der Waals surface area contributed by atoms with Crippen molar-refractivity contribution in [1.29, 1.82) is 0 Å². The molecule has 0 aromatic heterocycles. The highest BCUT2D eigenvalue weighted by Crippen LogP contribution is 2.41. The van der Waals surface area contributed by atoms with Gasteiger partial charge in [0.2, 0.25) is 0 Å². The summed E-state index contributed by atoms with van der Waals surface area (Å²) in [7, 11) is 0. The van der Waals surface area contributed by atoms with Crippen LogP contribution in [0.5, 0.6) is 0 Å². The van der Waals surface area contributed by atoms with Gasteiger partial charge in [0.25, 0.3) is 0 Å². The predicted octanol–water partition coefficient (Wildman–Crippen LogP) is 3.42. The first kappa shape index (κ1) is 11.5. The number of hydrogen-bond acceptors (Lipinski definition) is 1. The van der Waals surface area contributed by atoms with Gasteiger partial charge >= 0.3 is 0 Å². The molecule has 0 amide bonds. The number of rotatable bonds is 5. The van der Waals surface area contributed by atoms with Crippen molar-refractivity contribution in [2.75, 3.05) is 6.54 Å². The molecule has 0 bridgehead atoms. The Labute approximate surface area is 94.9 Å². The first-order chi connectivity index (χ1) is 7.74. The summed E-state index contributed by atoms with van der Waals surface area (Å²) in [6.07, 6.45) is 3.22. The fourth-order valence-electron chi connectivity index (χ4n) is 2.02.